The van der Waals surface area contributed by atoms with Crippen molar-refractivity contribution in [1.29, 1.82) is 0 Å². The monoisotopic (exact) mass is 180 g/mol. The normalized spacial score (nSPS) is 17.2. The number of nitrogens with one attached hydrogen (secondary N) is 1. The van der Waals surface area contributed by atoms with Gasteiger partial charge in [0.05, 0.1) is 12.7 Å². The molecular weight excluding hydrogens is 164 g/mol. The second-order valence-electron chi connectivity index (χ2n) is 3.73. The van der Waals surface area contributed by atoms with Crippen molar-refractivity contribution in [1.82, 2.24) is 10.3 Å². The highest BCUT2D eigenvalue weighted by Gasteiger charge is 2.16. The van der Waals surface area contributed by atoms with E-state index in [-0.39, 0.29) is 0 Å². The number of hydrogen-bond donors (Lipinski definition) is 1. The van der Waals surface area contributed by atoms with Crippen LogP contribution in [-0.2, 0) is 6.54 Å². The van der Waals surface area contributed by atoms with Crippen molar-refractivity contribution in [3.05, 3.63) is 18.4 Å². The molecule has 0 unspecified atom stereocenters. The van der Waals surface area contributed by atoms with Crippen LogP contribution in [0.5, 0.6) is 0 Å². The quantitative estimate of drug-likeness (QED) is 0.704. The zero-order valence-electron chi connectivity index (χ0n) is 7.83. The molecule has 2 rings (SSSR count). The van der Waals surface area contributed by atoms with Crippen LogP contribution in [0.3, 0.4) is 0 Å². The van der Waals surface area contributed by atoms with Crippen molar-refractivity contribution in [2.45, 2.75) is 32.2 Å². The standard InChI is InChI=1S/C10H16N2O/c1-2-9(3-1)4-5-11-6-10-7-12-8-13-10/h7-9,11H,1-6H2. The molecule has 1 aliphatic carbocycles. The molecule has 1 saturated carbocycles. The van der Waals surface area contributed by atoms with Crippen LogP contribution < -0.4 is 5.32 Å². The Kier molecular flexibility index (Phi) is 2.98. The van der Waals surface area contributed by atoms with Crippen LogP contribution in [0.25, 0.3) is 0 Å². The smallest absolute Gasteiger partial charge is 0.180 e. The molecule has 3 heteroatoms. The fourth-order valence-electron chi connectivity index (χ4n) is 1.63. The SMILES string of the molecule is c1ncc(CNCCC2CCC2)o1. The van der Waals surface area contributed by atoms with Gasteiger partial charge in [0.15, 0.2) is 6.39 Å². The topological polar surface area (TPSA) is 38.1 Å². The van der Waals surface area contributed by atoms with Crippen molar-refractivity contribution in [3.8, 4) is 0 Å². The third kappa shape index (κ3) is 2.56. The van der Waals surface area contributed by atoms with Crippen LogP contribution in [0.2, 0.25) is 0 Å². The molecule has 0 radical (unpaired) electrons. The van der Waals surface area contributed by atoms with Crippen molar-refractivity contribution in [2.75, 3.05) is 6.54 Å². The molecule has 0 aromatic carbocycles. The van der Waals surface area contributed by atoms with E-state index in [0.29, 0.717) is 0 Å². The van der Waals surface area contributed by atoms with E-state index in [4.69, 9.17) is 4.42 Å². The van der Waals surface area contributed by atoms with E-state index in [1.165, 1.54) is 32.1 Å². The molecular formula is C10H16N2O. The maximum Gasteiger partial charge on any atom is 0.180 e. The van der Waals surface area contributed by atoms with Crippen LogP contribution >= 0.6 is 0 Å². The summed E-state index contributed by atoms with van der Waals surface area (Å²) in [6, 6.07) is 0. The largest absolute Gasteiger partial charge is 0.447 e. The van der Waals surface area contributed by atoms with Gasteiger partial charge in [0.25, 0.3) is 0 Å². The molecule has 1 N–H and O–H groups in total. The fourth-order valence-corrected chi connectivity index (χ4v) is 1.63. The molecule has 0 saturated heterocycles. The first-order valence-corrected chi connectivity index (χ1v) is 5.03. The fraction of sp³-hybridized carbons (Fsp3) is 0.700. The van der Waals surface area contributed by atoms with Crippen LogP contribution in [0.4, 0.5) is 0 Å². The summed E-state index contributed by atoms with van der Waals surface area (Å²) < 4.78 is 5.11. The van der Waals surface area contributed by atoms with Gasteiger partial charge in [0, 0.05) is 0 Å². The number of hydrogen-bond acceptors (Lipinski definition) is 3. The number of oxazole rings is 1. The van der Waals surface area contributed by atoms with Crippen LogP contribution in [-0.4, -0.2) is 11.5 Å². The van der Waals surface area contributed by atoms with Gasteiger partial charge >= 0.3 is 0 Å². The van der Waals surface area contributed by atoms with E-state index in [9.17, 15) is 0 Å². The van der Waals surface area contributed by atoms with E-state index >= 15 is 0 Å². The van der Waals surface area contributed by atoms with Crippen LogP contribution in [0.15, 0.2) is 17.0 Å². The Morgan fingerprint density at radius 1 is 1.54 bits per heavy atom. The molecule has 1 heterocycles. The van der Waals surface area contributed by atoms with Crippen molar-refractivity contribution >= 4 is 0 Å². The van der Waals surface area contributed by atoms with Crippen molar-refractivity contribution < 1.29 is 4.42 Å². The summed E-state index contributed by atoms with van der Waals surface area (Å²) in [6.45, 7) is 1.91. The summed E-state index contributed by atoms with van der Waals surface area (Å²) in [7, 11) is 0. The summed E-state index contributed by atoms with van der Waals surface area (Å²) in [5, 5.41) is 3.35. The minimum Gasteiger partial charge on any atom is -0.447 e. The van der Waals surface area contributed by atoms with Gasteiger partial charge in [-0.2, -0.15) is 0 Å². The molecule has 0 atom stereocenters. The molecule has 0 aliphatic heterocycles. The van der Waals surface area contributed by atoms with E-state index in [0.717, 1.165) is 24.8 Å². The molecule has 13 heavy (non-hydrogen) atoms. The van der Waals surface area contributed by atoms with E-state index in [2.05, 4.69) is 10.3 Å². The third-order valence-corrected chi connectivity index (χ3v) is 2.74. The first-order valence-electron chi connectivity index (χ1n) is 5.03. The summed E-state index contributed by atoms with van der Waals surface area (Å²) >= 11 is 0. The van der Waals surface area contributed by atoms with Crippen molar-refractivity contribution in [3.63, 3.8) is 0 Å². The number of nitrogens with zero attached hydrogens (tertiary/aromatic N) is 1. The Morgan fingerprint density at radius 3 is 3.08 bits per heavy atom. The van der Waals surface area contributed by atoms with E-state index in [1.54, 1.807) is 6.20 Å². The molecule has 72 valence electrons. The maximum absolute atomic E-state index is 5.11. The first-order chi connectivity index (χ1) is 6.45. The zero-order valence-corrected chi connectivity index (χ0v) is 7.83. The molecule has 0 spiro atoms. The summed E-state index contributed by atoms with van der Waals surface area (Å²) in [4.78, 5) is 3.86. The lowest BCUT2D eigenvalue weighted by Crippen LogP contribution is -2.20. The predicted molar refractivity (Wildman–Crippen MR) is 50.2 cm³/mol. The Bertz CT molecular complexity index is 229. The summed E-state index contributed by atoms with van der Waals surface area (Å²) in [6.07, 6.45) is 8.86. The lowest BCUT2D eigenvalue weighted by atomic mass is 9.83. The molecule has 3 nitrogen and oxygen atoms in total. The zero-order chi connectivity index (χ0) is 8.93. The molecule has 1 aromatic heterocycles. The number of rotatable bonds is 5. The lowest BCUT2D eigenvalue weighted by molar-refractivity contribution is 0.290. The van der Waals surface area contributed by atoms with Crippen molar-refractivity contribution in [2.24, 2.45) is 5.92 Å². The molecule has 1 fully saturated rings. The second-order valence-corrected chi connectivity index (χ2v) is 3.73. The minimum absolute atomic E-state index is 0.812. The minimum atomic E-state index is 0.812. The van der Waals surface area contributed by atoms with Gasteiger partial charge in [0.2, 0.25) is 0 Å². The Balaban J connectivity index is 1.53. The van der Waals surface area contributed by atoms with Gasteiger partial charge in [-0.1, -0.05) is 19.3 Å². The van der Waals surface area contributed by atoms with E-state index < -0.39 is 0 Å². The summed E-state index contributed by atoms with van der Waals surface area (Å²) in [5.74, 6) is 1.91. The Morgan fingerprint density at radius 2 is 2.46 bits per heavy atom. The molecule has 1 aromatic rings. The highest BCUT2D eigenvalue weighted by Crippen LogP contribution is 2.28. The predicted octanol–water partition coefficient (Wildman–Crippen LogP) is 1.95. The second kappa shape index (κ2) is 4.42. The van der Waals surface area contributed by atoms with Gasteiger partial charge in [-0.05, 0) is 18.9 Å². The Labute approximate surface area is 78.5 Å². The number of aromatic nitrogens is 1. The van der Waals surface area contributed by atoms with E-state index in [1.807, 2.05) is 0 Å². The summed E-state index contributed by atoms with van der Waals surface area (Å²) in [5.41, 5.74) is 0. The van der Waals surface area contributed by atoms with Crippen LogP contribution in [0.1, 0.15) is 31.4 Å². The third-order valence-electron chi connectivity index (χ3n) is 2.74. The molecule has 1 aliphatic rings. The highest BCUT2D eigenvalue weighted by atomic mass is 16.3. The van der Waals surface area contributed by atoms with Gasteiger partial charge in [-0.25, -0.2) is 4.98 Å². The van der Waals surface area contributed by atoms with Gasteiger partial charge in [-0.15, -0.1) is 0 Å². The molecule has 0 bridgehead atoms. The van der Waals surface area contributed by atoms with Gasteiger partial charge in [0.1, 0.15) is 5.76 Å². The molecule has 0 amide bonds. The highest BCUT2D eigenvalue weighted by molar-refractivity contribution is 4.87. The average Bonchev–Trinajstić information content (AvgIpc) is 2.53. The van der Waals surface area contributed by atoms with Gasteiger partial charge < -0.3 is 9.73 Å². The maximum atomic E-state index is 5.11. The lowest BCUT2D eigenvalue weighted by Gasteiger charge is -2.25. The van der Waals surface area contributed by atoms with Gasteiger partial charge in [-0.3, -0.25) is 0 Å². The Hall–Kier alpha value is -0.830. The first kappa shape index (κ1) is 8.75. The average molecular weight is 180 g/mol. The van der Waals surface area contributed by atoms with Crippen LogP contribution in [0, 0.1) is 5.92 Å².